The van der Waals surface area contributed by atoms with Crippen LogP contribution in [0.1, 0.15) is 15.9 Å². The third-order valence-electron chi connectivity index (χ3n) is 3.02. The fourth-order valence-electron chi connectivity index (χ4n) is 1.95. The third-order valence-corrected chi connectivity index (χ3v) is 3.02. The van der Waals surface area contributed by atoms with Gasteiger partial charge in [0, 0.05) is 5.69 Å². The number of hydrogen-bond acceptors (Lipinski definition) is 5. The van der Waals surface area contributed by atoms with Crippen LogP contribution in [-0.2, 0) is 10.9 Å². The van der Waals surface area contributed by atoms with E-state index in [2.05, 4.69) is 5.32 Å². The number of aliphatic hydroxyl groups excluding tert-OH is 1. The van der Waals surface area contributed by atoms with Gasteiger partial charge >= 0.3 is 12.1 Å². The lowest BCUT2D eigenvalue weighted by atomic mass is 10.1. The summed E-state index contributed by atoms with van der Waals surface area (Å²) in [7, 11) is 0. The van der Waals surface area contributed by atoms with E-state index >= 15 is 0 Å². The van der Waals surface area contributed by atoms with Gasteiger partial charge in [-0.2, -0.15) is 13.2 Å². The van der Waals surface area contributed by atoms with Crippen molar-refractivity contribution in [3.63, 3.8) is 0 Å². The second kappa shape index (κ2) is 7.22. The lowest BCUT2D eigenvalue weighted by molar-refractivity contribution is -0.137. The first kappa shape index (κ1) is 17.6. The molecule has 2 aromatic carbocycles. The topological polar surface area (TPSA) is 78.8 Å². The van der Waals surface area contributed by atoms with E-state index in [4.69, 9.17) is 9.84 Å². The maximum absolute atomic E-state index is 12.7. The number of rotatable bonds is 5. The highest BCUT2D eigenvalue weighted by atomic mass is 19.4. The van der Waals surface area contributed by atoms with Crippen LogP contribution in [0, 0.1) is 0 Å². The lowest BCUT2D eigenvalue weighted by Gasteiger charge is -2.14. The van der Waals surface area contributed by atoms with Crippen LogP contribution in [0.2, 0.25) is 0 Å². The molecule has 0 radical (unpaired) electrons. The van der Waals surface area contributed by atoms with E-state index in [1.807, 2.05) is 0 Å². The molecule has 0 saturated carbocycles. The highest BCUT2D eigenvalue weighted by Gasteiger charge is 2.30. The number of aromatic hydroxyl groups is 1. The van der Waals surface area contributed by atoms with Crippen molar-refractivity contribution in [1.82, 2.24) is 0 Å². The van der Waals surface area contributed by atoms with E-state index in [1.165, 1.54) is 24.3 Å². The largest absolute Gasteiger partial charge is 0.508 e. The molecule has 0 heterocycles. The quantitative estimate of drug-likeness (QED) is 0.574. The molecule has 0 amide bonds. The molecule has 0 atom stereocenters. The number of ether oxygens (including phenoxy) is 1. The zero-order chi connectivity index (χ0) is 17.7. The highest BCUT2D eigenvalue weighted by molar-refractivity contribution is 5.97. The average molecular weight is 341 g/mol. The van der Waals surface area contributed by atoms with Crippen LogP contribution >= 0.6 is 0 Å². The Bertz CT molecular complexity index is 732. The second-order valence-electron chi connectivity index (χ2n) is 4.79. The molecular weight excluding hydrogens is 327 g/mol. The van der Waals surface area contributed by atoms with Gasteiger partial charge < -0.3 is 20.3 Å². The van der Waals surface area contributed by atoms with Crippen LogP contribution in [0.5, 0.6) is 5.75 Å². The van der Waals surface area contributed by atoms with Crippen molar-refractivity contribution in [3.05, 3.63) is 53.6 Å². The van der Waals surface area contributed by atoms with Crippen LogP contribution in [0.15, 0.2) is 42.5 Å². The molecule has 0 bridgehead atoms. The monoisotopic (exact) mass is 341 g/mol. The Morgan fingerprint density at radius 2 is 1.92 bits per heavy atom. The third kappa shape index (κ3) is 4.39. The van der Waals surface area contributed by atoms with Crippen molar-refractivity contribution in [1.29, 1.82) is 0 Å². The standard InChI is InChI=1S/C16H14F3NO4/c17-16(18,19)10-2-1-3-11(8-10)20-14-5-4-12(22)9-13(14)15(23)24-7-6-21/h1-5,8-9,20-22H,6-7H2. The first-order chi connectivity index (χ1) is 11.3. The van der Waals surface area contributed by atoms with Crippen molar-refractivity contribution in [2.24, 2.45) is 0 Å². The number of benzene rings is 2. The normalized spacial score (nSPS) is 11.2. The number of aliphatic hydroxyl groups is 1. The molecule has 128 valence electrons. The number of hydrogen-bond donors (Lipinski definition) is 3. The maximum atomic E-state index is 12.7. The maximum Gasteiger partial charge on any atom is 0.416 e. The van der Waals surface area contributed by atoms with E-state index in [0.717, 1.165) is 18.2 Å². The molecule has 0 aliphatic rings. The molecule has 0 aromatic heterocycles. The minimum atomic E-state index is -4.49. The summed E-state index contributed by atoms with van der Waals surface area (Å²) in [4.78, 5) is 11.9. The molecule has 0 fully saturated rings. The minimum Gasteiger partial charge on any atom is -0.508 e. The minimum absolute atomic E-state index is 0.0686. The summed E-state index contributed by atoms with van der Waals surface area (Å²) in [5, 5.41) is 20.9. The van der Waals surface area contributed by atoms with E-state index in [9.17, 15) is 23.1 Å². The lowest BCUT2D eigenvalue weighted by Crippen LogP contribution is -2.11. The molecule has 5 nitrogen and oxygen atoms in total. The molecule has 0 aliphatic heterocycles. The summed E-state index contributed by atoms with van der Waals surface area (Å²) in [6, 6.07) is 8.20. The molecule has 2 rings (SSSR count). The number of nitrogens with one attached hydrogen (secondary N) is 1. The number of phenolic OH excluding ortho intramolecular Hbond substituents is 1. The number of alkyl halides is 3. The summed E-state index contributed by atoms with van der Waals surface area (Å²) in [5.41, 5.74) is -0.627. The summed E-state index contributed by atoms with van der Waals surface area (Å²) in [6.07, 6.45) is -4.49. The van der Waals surface area contributed by atoms with Crippen molar-refractivity contribution < 1.29 is 32.9 Å². The molecule has 24 heavy (non-hydrogen) atoms. The molecule has 8 heteroatoms. The molecule has 3 N–H and O–H groups in total. The van der Waals surface area contributed by atoms with Gasteiger partial charge in [-0.15, -0.1) is 0 Å². The van der Waals surface area contributed by atoms with Gasteiger partial charge in [0.05, 0.1) is 23.4 Å². The van der Waals surface area contributed by atoms with Gasteiger partial charge in [0.1, 0.15) is 12.4 Å². The number of phenols is 1. The van der Waals surface area contributed by atoms with Gasteiger partial charge in [0.25, 0.3) is 0 Å². The highest BCUT2D eigenvalue weighted by Crippen LogP contribution is 2.32. The fourth-order valence-corrected chi connectivity index (χ4v) is 1.95. The second-order valence-corrected chi connectivity index (χ2v) is 4.79. The Balaban J connectivity index is 2.31. The summed E-state index contributed by atoms with van der Waals surface area (Å²) < 4.78 is 43.0. The van der Waals surface area contributed by atoms with Crippen molar-refractivity contribution in [2.75, 3.05) is 18.5 Å². The van der Waals surface area contributed by atoms with Crippen molar-refractivity contribution in [3.8, 4) is 5.75 Å². The Kier molecular flexibility index (Phi) is 5.30. The van der Waals surface area contributed by atoms with Gasteiger partial charge in [-0.3, -0.25) is 0 Å². The van der Waals surface area contributed by atoms with Gasteiger partial charge in [-0.25, -0.2) is 4.79 Å². The van der Waals surface area contributed by atoms with Gasteiger partial charge in [-0.05, 0) is 36.4 Å². The Labute approximate surface area is 135 Å². The van der Waals surface area contributed by atoms with Crippen LogP contribution in [0.3, 0.4) is 0 Å². The molecule has 0 aliphatic carbocycles. The molecule has 0 unspecified atom stereocenters. The Hall–Kier alpha value is -2.74. The molecule has 0 saturated heterocycles. The van der Waals surface area contributed by atoms with E-state index in [-0.39, 0.29) is 35.9 Å². The Morgan fingerprint density at radius 3 is 2.58 bits per heavy atom. The SMILES string of the molecule is O=C(OCCO)c1cc(O)ccc1Nc1cccc(C(F)(F)F)c1. The number of anilines is 2. The predicted octanol–water partition coefficient (Wildman–Crippen LogP) is 3.30. The predicted molar refractivity (Wildman–Crippen MR) is 80.2 cm³/mol. The Morgan fingerprint density at radius 1 is 1.17 bits per heavy atom. The number of halogens is 3. The van der Waals surface area contributed by atoms with Gasteiger partial charge in [0.15, 0.2) is 0 Å². The van der Waals surface area contributed by atoms with Gasteiger partial charge in [0.2, 0.25) is 0 Å². The van der Waals surface area contributed by atoms with Crippen molar-refractivity contribution in [2.45, 2.75) is 6.18 Å². The van der Waals surface area contributed by atoms with Crippen LogP contribution in [-0.4, -0.2) is 29.4 Å². The van der Waals surface area contributed by atoms with Gasteiger partial charge in [-0.1, -0.05) is 6.07 Å². The molecular formula is C16H14F3NO4. The van der Waals surface area contributed by atoms with Crippen molar-refractivity contribution >= 4 is 17.3 Å². The van der Waals surface area contributed by atoms with Crippen LogP contribution in [0.4, 0.5) is 24.5 Å². The summed E-state index contributed by atoms with van der Waals surface area (Å²) in [5.74, 6) is -1.03. The number of carbonyl (C=O) groups excluding carboxylic acids is 1. The summed E-state index contributed by atoms with van der Waals surface area (Å²) >= 11 is 0. The molecule has 2 aromatic rings. The van der Waals surface area contributed by atoms with E-state index in [0.29, 0.717) is 0 Å². The van der Waals surface area contributed by atoms with E-state index < -0.39 is 17.7 Å². The van der Waals surface area contributed by atoms with Crippen LogP contribution < -0.4 is 5.32 Å². The fraction of sp³-hybridized carbons (Fsp3) is 0.188. The first-order valence-corrected chi connectivity index (χ1v) is 6.86. The number of carbonyl (C=O) groups is 1. The van der Waals surface area contributed by atoms with Crippen LogP contribution in [0.25, 0.3) is 0 Å². The zero-order valence-corrected chi connectivity index (χ0v) is 12.3. The summed E-state index contributed by atoms with van der Waals surface area (Å²) in [6.45, 7) is -0.613. The van der Waals surface area contributed by atoms with E-state index in [1.54, 1.807) is 0 Å². The molecule has 0 spiro atoms. The smallest absolute Gasteiger partial charge is 0.416 e. The average Bonchev–Trinajstić information content (AvgIpc) is 2.53. The number of esters is 1. The zero-order valence-electron chi connectivity index (χ0n) is 12.3. The first-order valence-electron chi connectivity index (χ1n) is 6.86.